The van der Waals surface area contributed by atoms with E-state index in [1.54, 1.807) is 0 Å². The molecule has 0 saturated heterocycles. The van der Waals surface area contributed by atoms with Crippen molar-refractivity contribution in [1.82, 2.24) is 19.9 Å². The number of rotatable bonds is 3. The fourth-order valence-corrected chi connectivity index (χ4v) is 2.00. The molecule has 2 rings (SSSR count). The molecule has 0 spiro atoms. The second-order valence-electron chi connectivity index (χ2n) is 5.42. The molecule has 0 saturated carbocycles. The topological polar surface area (TPSA) is 66.5 Å². The van der Waals surface area contributed by atoms with Crippen molar-refractivity contribution in [2.45, 2.75) is 40.2 Å². The molecular weight excluding hydrogens is 233 g/mol. The third kappa shape index (κ3) is 2.42. The van der Waals surface area contributed by atoms with E-state index in [2.05, 4.69) is 52.9 Å². The van der Waals surface area contributed by atoms with Crippen LogP contribution in [0.2, 0.25) is 0 Å². The van der Waals surface area contributed by atoms with Crippen LogP contribution in [0.5, 0.6) is 0 Å². The van der Waals surface area contributed by atoms with Crippen molar-refractivity contribution < 1.29 is 4.39 Å². The summed E-state index contributed by atoms with van der Waals surface area (Å²) in [5, 5.41) is 3.32. The Kier molecular flexibility index (Phi) is 3.19. The van der Waals surface area contributed by atoms with Gasteiger partial charge in [-0.05, 0) is 11.8 Å². The number of hydrogen-bond donors (Lipinski definition) is 2. The zero-order valence-corrected chi connectivity index (χ0v) is 11.1. The van der Waals surface area contributed by atoms with Gasteiger partial charge in [0.15, 0.2) is 17.0 Å². The lowest BCUT2D eigenvalue weighted by atomic mass is 9.85. The maximum Gasteiger partial charge on any atom is 0.288 e. The molecule has 0 aliphatic rings. The van der Waals surface area contributed by atoms with E-state index in [1.165, 1.54) is 6.33 Å². The van der Waals surface area contributed by atoms with Gasteiger partial charge in [-0.15, -0.1) is 0 Å². The normalized spacial score (nSPS) is 13.8. The zero-order valence-electron chi connectivity index (χ0n) is 11.1. The summed E-state index contributed by atoms with van der Waals surface area (Å²) in [5.74, 6) is 0.571. The Labute approximate surface area is 105 Å². The number of nitrogens with zero attached hydrogens (tertiary/aromatic N) is 3. The number of imidazole rings is 1. The van der Waals surface area contributed by atoms with E-state index >= 15 is 0 Å². The lowest BCUT2D eigenvalue weighted by Crippen LogP contribution is -2.33. The molecule has 0 bridgehead atoms. The van der Waals surface area contributed by atoms with Gasteiger partial charge in [-0.1, -0.05) is 27.7 Å². The van der Waals surface area contributed by atoms with Crippen LogP contribution in [0.25, 0.3) is 11.2 Å². The van der Waals surface area contributed by atoms with Crippen molar-refractivity contribution >= 4 is 17.0 Å². The minimum absolute atomic E-state index is 0.0842. The van der Waals surface area contributed by atoms with E-state index in [1.807, 2.05) is 0 Å². The van der Waals surface area contributed by atoms with Gasteiger partial charge in [0.25, 0.3) is 6.08 Å². The van der Waals surface area contributed by atoms with E-state index in [-0.39, 0.29) is 11.5 Å². The van der Waals surface area contributed by atoms with E-state index < -0.39 is 6.08 Å². The summed E-state index contributed by atoms with van der Waals surface area (Å²) >= 11 is 0. The maximum atomic E-state index is 13.1. The Hall–Kier alpha value is -1.72. The molecule has 0 radical (unpaired) electrons. The average Bonchev–Trinajstić information content (AvgIpc) is 2.65. The lowest BCUT2D eigenvalue weighted by molar-refractivity contribution is 0.333. The van der Waals surface area contributed by atoms with Gasteiger partial charge in [-0.3, -0.25) is 4.98 Å². The van der Waals surface area contributed by atoms with Crippen molar-refractivity contribution in [3.05, 3.63) is 12.4 Å². The summed E-state index contributed by atoms with van der Waals surface area (Å²) in [6.07, 6.45) is 1.71. The second-order valence-corrected chi connectivity index (χ2v) is 5.42. The highest BCUT2D eigenvalue weighted by molar-refractivity contribution is 5.82. The second kappa shape index (κ2) is 4.51. The highest BCUT2D eigenvalue weighted by Gasteiger charge is 2.24. The highest BCUT2D eigenvalue weighted by Crippen LogP contribution is 2.26. The summed E-state index contributed by atoms with van der Waals surface area (Å²) in [6, 6.07) is 0.232. The first-order chi connectivity index (χ1) is 8.41. The van der Waals surface area contributed by atoms with Crippen LogP contribution in [0.15, 0.2) is 6.33 Å². The predicted molar refractivity (Wildman–Crippen MR) is 68.8 cm³/mol. The van der Waals surface area contributed by atoms with Crippen LogP contribution in [0, 0.1) is 11.5 Å². The summed E-state index contributed by atoms with van der Waals surface area (Å²) < 4.78 is 13.1. The molecular formula is C12H18FN5. The standard InChI is InChI=1S/C12H18FN5/c1-5-7(12(2,3)4)16-9-8-10(15-6-14-9)18-11(13)17-8/h6-7H,5H2,1-4H3,(H2,14,15,16,17,18)/t7-/m1/s1. The van der Waals surface area contributed by atoms with Gasteiger partial charge < -0.3 is 5.32 Å². The zero-order chi connectivity index (χ0) is 13.3. The van der Waals surface area contributed by atoms with E-state index in [4.69, 9.17) is 0 Å². The first-order valence-corrected chi connectivity index (χ1v) is 6.04. The number of aromatic amines is 1. The largest absolute Gasteiger partial charge is 0.365 e. The number of halogens is 1. The number of H-pyrrole nitrogens is 1. The Morgan fingerprint density at radius 1 is 1.39 bits per heavy atom. The highest BCUT2D eigenvalue weighted by atomic mass is 19.1. The van der Waals surface area contributed by atoms with Crippen LogP contribution in [-0.2, 0) is 0 Å². The van der Waals surface area contributed by atoms with Gasteiger partial charge >= 0.3 is 0 Å². The van der Waals surface area contributed by atoms with Gasteiger partial charge in [0.1, 0.15) is 6.33 Å². The average molecular weight is 251 g/mol. The molecule has 0 aromatic carbocycles. The third-order valence-corrected chi connectivity index (χ3v) is 3.02. The minimum atomic E-state index is -0.641. The van der Waals surface area contributed by atoms with Crippen LogP contribution in [0.1, 0.15) is 34.1 Å². The molecule has 2 heterocycles. The van der Waals surface area contributed by atoms with Crippen LogP contribution in [0.3, 0.4) is 0 Å². The van der Waals surface area contributed by atoms with Gasteiger partial charge in [0.2, 0.25) is 0 Å². The molecule has 0 unspecified atom stereocenters. The summed E-state index contributed by atoms with van der Waals surface area (Å²) in [5.41, 5.74) is 0.937. The van der Waals surface area contributed by atoms with Crippen molar-refractivity contribution in [1.29, 1.82) is 0 Å². The van der Waals surface area contributed by atoms with Gasteiger partial charge in [0.05, 0.1) is 0 Å². The number of fused-ring (bicyclic) bond motifs is 1. The molecule has 6 heteroatoms. The molecule has 1 atom stereocenters. The van der Waals surface area contributed by atoms with Crippen LogP contribution in [0.4, 0.5) is 10.2 Å². The van der Waals surface area contributed by atoms with Crippen molar-refractivity contribution in [3.63, 3.8) is 0 Å². The number of hydrogen-bond acceptors (Lipinski definition) is 4. The predicted octanol–water partition coefficient (Wildman–Crippen LogP) is 2.73. The Bertz CT molecular complexity index is 543. The molecule has 2 aromatic rings. The van der Waals surface area contributed by atoms with Gasteiger partial charge in [-0.25, -0.2) is 9.97 Å². The van der Waals surface area contributed by atoms with E-state index in [0.29, 0.717) is 17.0 Å². The Morgan fingerprint density at radius 3 is 2.72 bits per heavy atom. The number of aromatic nitrogens is 4. The first kappa shape index (κ1) is 12.7. The van der Waals surface area contributed by atoms with Crippen molar-refractivity contribution in [2.24, 2.45) is 5.41 Å². The fraction of sp³-hybridized carbons (Fsp3) is 0.583. The number of nitrogens with one attached hydrogen (secondary N) is 2. The van der Waals surface area contributed by atoms with Crippen molar-refractivity contribution in [2.75, 3.05) is 5.32 Å². The van der Waals surface area contributed by atoms with Gasteiger partial charge in [-0.2, -0.15) is 9.37 Å². The van der Waals surface area contributed by atoms with Crippen LogP contribution in [-0.4, -0.2) is 26.0 Å². The fourth-order valence-electron chi connectivity index (χ4n) is 2.00. The Morgan fingerprint density at radius 2 is 2.11 bits per heavy atom. The molecule has 98 valence electrons. The van der Waals surface area contributed by atoms with E-state index in [9.17, 15) is 4.39 Å². The molecule has 0 aliphatic carbocycles. The lowest BCUT2D eigenvalue weighted by Gasteiger charge is -2.31. The summed E-state index contributed by atoms with van der Waals surface area (Å²) in [4.78, 5) is 14.3. The number of anilines is 1. The first-order valence-electron chi connectivity index (χ1n) is 6.04. The maximum absolute atomic E-state index is 13.1. The van der Waals surface area contributed by atoms with Crippen LogP contribution < -0.4 is 5.32 Å². The minimum Gasteiger partial charge on any atom is -0.365 e. The molecule has 0 amide bonds. The molecule has 5 nitrogen and oxygen atoms in total. The Balaban J connectivity index is 2.36. The van der Waals surface area contributed by atoms with Crippen LogP contribution >= 0.6 is 0 Å². The molecule has 18 heavy (non-hydrogen) atoms. The smallest absolute Gasteiger partial charge is 0.288 e. The third-order valence-electron chi connectivity index (χ3n) is 3.02. The molecule has 2 N–H and O–H groups in total. The van der Waals surface area contributed by atoms with E-state index in [0.717, 1.165) is 6.42 Å². The quantitative estimate of drug-likeness (QED) is 0.823. The molecule has 0 fully saturated rings. The summed E-state index contributed by atoms with van der Waals surface area (Å²) in [7, 11) is 0. The monoisotopic (exact) mass is 251 g/mol. The molecule has 2 aromatic heterocycles. The SMILES string of the molecule is CC[C@@H](Nc1ncnc2[nH]c(F)nc12)C(C)(C)C. The van der Waals surface area contributed by atoms with Crippen molar-refractivity contribution in [3.8, 4) is 0 Å². The molecule has 0 aliphatic heterocycles. The summed E-state index contributed by atoms with van der Waals surface area (Å²) in [6.45, 7) is 8.56. The van der Waals surface area contributed by atoms with Gasteiger partial charge in [0, 0.05) is 6.04 Å².